The fourth-order valence-corrected chi connectivity index (χ4v) is 0.973. The zero-order chi connectivity index (χ0) is 8.55. The Kier molecular flexibility index (Phi) is 1.58. The molecular weight excluding hydrogens is 180 g/mol. The summed E-state index contributed by atoms with van der Waals surface area (Å²) in [6.07, 6.45) is 3.42. The van der Waals surface area contributed by atoms with Gasteiger partial charge >= 0.3 is 5.35 Å². The van der Waals surface area contributed by atoms with Crippen LogP contribution in [0.2, 0.25) is 5.35 Å². The van der Waals surface area contributed by atoms with Crippen LogP contribution in [0.1, 0.15) is 0 Å². The standard InChI is InChI=1S/C6H5ClN4O/c1-11-3-4(2-8-11)5-9-6(7)12-10-5/h2-3H,1H3. The third-order valence-electron chi connectivity index (χ3n) is 1.36. The first-order valence-electron chi connectivity index (χ1n) is 3.24. The second-order valence-electron chi connectivity index (χ2n) is 2.27. The summed E-state index contributed by atoms with van der Waals surface area (Å²) in [5.74, 6) is 0.452. The van der Waals surface area contributed by atoms with E-state index in [0.717, 1.165) is 5.56 Å². The Bertz CT molecular complexity index is 355. The first-order valence-corrected chi connectivity index (χ1v) is 3.62. The Balaban J connectivity index is 2.43. The van der Waals surface area contributed by atoms with E-state index in [9.17, 15) is 0 Å². The maximum absolute atomic E-state index is 5.45. The molecule has 5 nitrogen and oxygen atoms in total. The number of aryl methyl sites for hydroxylation is 1. The van der Waals surface area contributed by atoms with Gasteiger partial charge in [-0.1, -0.05) is 5.16 Å². The molecule has 0 fully saturated rings. The van der Waals surface area contributed by atoms with Crippen LogP contribution in [-0.4, -0.2) is 19.9 Å². The summed E-state index contributed by atoms with van der Waals surface area (Å²) in [5, 5.41) is 7.62. The minimum atomic E-state index is 0.0360. The van der Waals surface area contributed by atoms with Crippen molar-refractivity contribution < 1.29 is 4.52 Å². The Morgan fingerprint density at radius 3 is 2.92 bits per heavy atom. The minimum Gasteiger partial charge on any atom is -0.321 e. The second kappa shape index (κ2) is 2.60. The van der Waals surface area contributed by atoms with E-state index in [4.69, 9.17) is 11.6 Å². The quantitative estimate of drug-likeness (QED) is 0.667. The van der Waals surface area contributed by atoms with E-state index >= 15 is 0 Å². The van der Waals surface area contributed by atoms with Gasteiger partial charge in [-0.05, 0) is 11.6 Å². The Hall–Kier alpha value is -1.36. The van der Waals surface area contributed by atoms with Crippen molar-refractivity contribution in [1.29, 1.82) is 0 Å². The lowest BCUT2D eigenvalue weighted by Crippen LogP contribution is -1.84. The molecule has 2 aromatic heterocycles. The van der Waals surface area contributed by atoms with Crippen LogP contribution in [0.3, 0.4) is 0 Å². The summed E-state index contributed by atoms with van der Waals surface area (Å²) < 4.78 is 6.25. The van der Waals surface area contributed by atoms with E-state index in [2.05, 4.69) is 19.8 Å². The molecule has 0 saturated heterocycles. The third-order valence-corrected chi connectivity index (χ3v) is 1.52. The minimum absolute atomic E-state index is 0.0360. The number of nitrogens with zero attached hydrogens (tertiary/aromatic N) is 4. The molecule has 0 aliphatic carbocycles. The molecule has 2 heterocycles. The maximum atomic E-state index is 5.45. The summed E-state index contributed by atoms with van der Waals surface area (Å²) >= 11 is 5.45. The molecule has 0 aliphatic rings. The molecule has 62 valence electrons. The van der Waals surface area contributed by atoms with Gasteiger partial charge in [0.15, 0.2) is 0 Å². The fourth-order valence-electron chi connectivity index (χ4n) is 0.859. The van der Waals surface area contributed by atoms with Gasteiger partial charge in [-0.25, -0.2) is 0 Å². The van der Waals surface area contributed by atoms with Gasteiger partial charge in [-0.3, -0.25) is 4.68 Å². The molecule has 0 radical (unpaired) electrons. The summed E-state index contributed by atoms with van der Waals surface area (Å²) in [4.78, 5) is 3.83. The summed E-state index contributed by atoms with van der Waals surface area (Å²) in [6.45, 7) is 0. The van der Waals surface area contributed by atoms with Crippen molar-refractivity contribution in [2.24, 2.45) is 7.05 Å². The molecule has 0 spiro atoms. The average Bonchev–Trinajstić information content (AvgIpc) is 2.58. The lowest BCUT2D eigenvalue weighted by atomic mass is 10.3. The zero-order valence-electron chi connectivity index (χ0n) is 6.23. The fraction of sp³-hybridized carbons (Fsp3) is 0.167. The van der Waals surface area contributed by atoms with Crippen molar-refractivity contribution in [2.75, 3.05) is 0 Å². The lowest BCUT2D eigenvalue weighted by molar-refractivity contribution is 0.421. The number of hydrogen-bond donors (Lipinski definition) is 0. The summed E-state index contributed by atoms with van der Waals surface area (Å²) in [7, 11) is 1.81. The van der Waals surface area contributed by atoms with Crippen molar-refractivity contribution in [3.63, 3.8) is 0 Å². The topological polar surface area (TPSA) is 56.7 Å². The molecule has 0 saturated carbocycles. The van der Waals surface area contributed by atoms with E-state index < -0.39 is 0 Å². The molecule has 0 atom stereocenters. The number of rotatable bonds is 1. The van der Waals surface area contributed by atoms with Crippen LogP contribution < -0.4 is 0 Å². The first-order chi connectivity index (χ1) is 5.75. The maximum Gasteiger partial charge on any atom is 0.320 e. The van der Waals surface area contributed by atoms with Gasteiger partial charge in [0.05, 0.1) is 11.8 Å². The van der Waals surface area contributed by atoms with E-state index in [1.165, 1.54) is 0 Å². The molecule has 0 N–H and O–H groups in total. The van der Waals surface area contributed by atoms with E-state index in [0.29, 0.717) is 5.82 Å². The molecule has 0 bridgehead atoms. The predicted molar refractivity (Wildman–Crippen MR) is 41.5 cm³/mol. The van der Waals surface area contributed by atoms with Crippen LogP contribution in [-0.2, 0) is 7.05 Å². The highest BCUT2D eigenvalue weighted by Gasteiger charge is 2.07. The number of halogens is 1. The van der Waals surface area contributed by atoms with Crippen LogP contribution in [0.15, 0.2) is 16.9 Å². The van der Waals surface area contributed by atoms with Gasteiger partial charge in [0, 0.05) is 13.2 Å². The molecule has 2 aromatic rings. The molecular formula is C6H5ClN4O. The smallest absolute Gasteiger partial charge is 0.320 e. The van der Waals surface area contributed by atoms with Crippen molar-refractivity contribution in [1.82, 2.24) is 19.9 Å². The first kappa shape index (κ1) is 7.30. The number of hydrogen-bond acceptors (Lipinski definition) is 4. The van der Waals surface area contributed by atoms with Crippen molar-refractivity contribution in [3.05, 3.63) is 17.7 Å². The average molecular weight is 185 g/mol. The van der Waals surface area contributed by atoms with Gasteiger partial charge < -0.3 is 4.52 Å². The van der Waals surface area contributed by atoms with E-state index in [-0.39, 0.29) is 5.35 Å². The van der Waals surface area contributed by atoms with Crippen LogP contribution in [0.25, 0.3) is 11.4 Å². The molecule has 0 unspecified atom stereocenters. The third kappa shape index (κ3) is 1.18. The normalized spacial score (nSPS) is 10.5. The van der Waals surface area contributed by atoms with Gasteiger partial charge in [0.1, 0.15) is 0 Å². The molecule has 6 heteroatoms. The van der Waals surface area contributed by atoms with Gasteiger partial charge in [-0.2, -0.15) is 10.1 Å². The molecule has 12 heavy (non-hydrogen) atoms. The molecule has 0 amide bonds. The highest BCUT2D eigenvalue weighted by molar-refractivity contribution is 6.27. The van der Waals surface area contributed by atoms with Gasteiger partial charge in [-0.15, -0.1) is 0 Å². The van der Waals surface area contributed by atoms with Crippen molar-refractivity contribution in [3.8, 4) is 11.4 Å². The Morgan fingerprint density at radius 2 is 2.42 bits per heavy atom. The van der Waals surface area contributed by atoms with E-state index in [1.807, 2.05) is 7.05 Å². The monoisotopic (exact) mass is 184 g/mol. The van der Waals surface area contributed by atoms with Crippen LogP contribution in [0.5, 0.6) is 0 Å². The molecule has 0 aromatic carbocycles. The predicted octanol–water partition coefficient (Wildman–Crippen LogP) is 1.12. The largest absolute Gasteiger partial charge is 0.321 e. The SMILES string of the molecule is Cn1cc(-c2noc(Cl)n2)cn1. The van der Waals surface area contributed by atoms with E-state index in [1.54, 1.807) is 17.1 Å². The molecule has 2 rings (SSSR count). The van der Waals surface area contributed by atoms with Crippen molar-refractivity contribution >= 4 is 11.6 Å². The highest BCUT2D eigenvalue weighted by Crippen LogP contribution is 2.15. The van der Waals surface area contributed by atoms with Crippen molar-refractivity contribution in [2.45, 2.75) is 0 Å². The second-order valence-corrected chi connectivity index (χ2v) is 2.60. The Labute approximate surface area is 72.9 Å². The highest BCUT2D eigenvalue weighted by atomic mass is 35.5. The van der Waals surface area contributed by atoms with Crippen LogP contribution in [0, 0.1) is 0 Å². The number of aromatic nitrogens is 4. The molecule has 0 aliphatic heterocycles. The van der Waals surface area contributed by atoms with Gasteiger partial charge in [0.25, 0.3) is 0 Å². The Morgan fingerprint density at radius 1 is 1.58 bits per heavy atom. The lowest BCUT2D eigenvalue weighted by Gasteiger charge is -1.82. The van der Waals surface area contributed by atoms with Crippen LogP contribution >= 0.6 is 11.6 Å². The summed E-state index contributed by atoms with van der Waals surface area (Å²) in [6, 6.07) is 0. The van der Waals surface area contributed by atoms with Crippen LogP contribution in [0.4, 0.5) is 0 Å². The van der Waals surface area contributed by atoms with Gasteiger partial charge in [0.2, 0.25) is 5.82 Å². The zero-order valence-corrected chi connectivity index (χ0v) is 6.99. The summed E-state index contributed by atoms with van der Waals surface area (Å²) in [5.41, 5.74) is 0.785.